The summed E-state index contributed by atoms with van der Waals surface area (Å²) in [5.74, 6) is 4.29. The molecule has 0 saturated carbocycles. The quantitative estimate of drug-likeness (QED) is 0.467. The van der Waals surface area contributed by atoms with E-state index in [4.69, 9.17) is 23.7 Å². The Balaban J connectivity index is 1.95. The van der Waals surface area contributed by atoms with E-state index in [1.165, 1.54) is 38.5 Å². The van der Waals surface area contributed by atoms with Crippen molar-refractivity contribution in [3.63, 3.8) is 0 Å². The number of carbonyl (C=O) groups excluding carboxylic acids is 1. The molecular weight excluding hydrogens is 426 g/mol. The Hall–Kier alpha value is -2.16. The summed E-state index contributed by atoms with van der Waals surface area (Å²) < 4.78 is 55.7. The highest BCUT2D eigenvalue weighted by Gasteiger charge is 2.58. The molecule has 0 bridgehead atoms. The molecule has 0 N–H and O–H groups in total. The number of sulfonamides is 1. The first kappa shape index (κ1) is 23.5. The average molecular weight is 454 g/mol. The van der Waals surface area contributed by atoms with Crippen LogP contribution in [0.25, 0.3) is 0 Å². The van der Waals surface area contributed by atoms with Gasteiger partial charge in [0.2, 0.25) is 10.0 Å². The maximum atomic E-state index is 13.5. The van der Waals surface area contributed by atoms with Crippen molar-refractivity contribution in [3.05, 3.63) is 24.3 Å². The Morgan fingerprint density at radius 1 is 1.23 bits per heavy atom. The Morgan fingerprint density at radius 3 is 2.48 bits per heavy atom. The van der Waals surface area contributed by atoms with Gasteiger partial charge in [0.15, 0.2) is 11.8 Å². The Kier molecular flexibility index (Phi) is 6.93. The normalized spacial score (nSPS) is 27.6. The van der Waals surface area contributed by atoms with Crippen LogP contribution < -0.4 is 4.74 Å². The first-order valence-electron chi connectivity index (χ1n) is 9.75. The number of fused-ring (bicyclic) bond motifs is 1. The van der Waals surface area contributed by atoms with Gasteiger partial charge in [0.05, 0.1) is 12.0 Å². The van der Waals surface area contributed by atoms with E-state index in [9.17, 15) is 13.2 Å². The molecule has 2 heterocycles. The number of carbonyl (C=O) groups is 1. The molecule has 2 saturated heterocycles. The summed E-state index contributed by atoms with van der Waals surface area (Å²) >= 11 is 0. The van der Waals surface area contributed by atoms with Crippen LogP contribution in [-0.2, 0) is 33.8 Å². The number of hydrogen-bond acceptors (Lipinski definition) is 8. The number of methoxy groups -OCH3 is 2. The van der Waals surface area contributed by atoms with Gasteiger partial charge >= 0.3 is 5.97 Å². The molecule has 1 aromatic carbocycles. The fourth-order valence-corrected chi connectivity index (χ4v) is 5.43. The van der Waals surface area contributed by atoms with Gasteiger partial charge in [-0.2, -0.15) is 4.31 Å². The van der Waals surface area contributed by atoms with E-state index in [2.05, 4.69) is 11.8 Å². The predicted molar refractivity (Wildman–Crippen MR) is 110 cm³/mol. The van der Waals surface area contributed by atoms with Crippen molar-refractivity contribution in [2.24, 2.45) is 0 Å². The van der Waals surface area contributed by atoms with Crippen molar-refractivity contribution in [3.8, 4) is 17.6 Å². The van der Waals surface area contributed by atoms with Crippen LogP contribution in [0, 0.1) is 11.8 Å². The summed E-state index contributed by atoms with van der Waals surface area (Å²) in [4.78, 5) is 12.6. The van der Waals surface area contributed by atoms with Gasteiger partial charge in [0.25, 0.3) is 0 Å². The van der Waals surface area contributed by atoms with E-state index < -0.39 is 46.1 Å². The minimum absolute atomic E-state index is 0.00167. The third-order valence-electron chi connectivity index (χ3n) is 5.16. The molecule has 10 heteroatoms. The molecule has 2 aliphatic heterocycles. The molecule has 0 aliphatic carbocycles. The Bertz CT molecular complexity index is 963. The van der Waals surface area contributed by atoms with E-state index in [1.54, 1.807) is 20.8 Å². The lowest BCUT2D eigenvalue weighted by Gasteiger charge is -2.42. The molecule has 2 unspecified atom stereocenters. The first-order chi connectivity index (χ1) is 14.6. The van der Waals surface area contributed by atoms with Crippen molar-refractivity contribution in [2.75, 3.05) is 27.4 Å². The number of hydrogen-bond donors (Lipinski definition) is 0. The number of rotatable bonds is 6. The molecule has 31 heavy (non-hydrogen) atoms. The van der Waals surface area contributed by atoms with Gasteiger partial charge in [-0.15, -0.1) is 5.92 Å². The molecule has 2 aliphatic rings. The van der Waals surface area contributed by atoms with Crippen LogP contribution in [-0.4, -0.2) is 76.2 Å². The maximum absolute atomic E-state index is 13.5. The fourth-order valence-electron chi connectivity index (χ4n) is 3.84. The van der Waals surface area contributed by atoms with Crippen LogP contribution in [0.1, 0.15) is 20.8 Å². The van der Waals surface area contributed by atoms with Crippen molar-refractivity contribution in [1.29, 1.82) is 0 Å². The molecule has 1 aromatic rings. The Morgan fingerprint density at radius 2 is 1.90 bits per heavy atom. The monoisotopic (exact) mass is 453 g/mol. The average Bonchev–Trinajstić information content (AvgIpc) is 3.06. The maximum Gasteiger partial charge on any atom is 0.327 e. The van der Waals surface area contributed by atoms with Crippen LogP contribution in [0.5, 0.6) is 5.75 Å². The van der Waals surface area contributed by atoms with Gasteiger partial charge in [0.1, 0.15) is 30.7 Å². The van der Waals surface area contributed by atoms with Crippen molar-refractivity contribution in [1.82, 2.24) is 4.31 Å². The van der Waals surface area contributed by atoms with Crippen molar-refractivity contribution in [2.45, 2.75) is 55.8 Å². The highest BCUT2D eigenvalue weighted by Crippen LogP contribution is 2.39. The number of nitrogens with zero attached hydrogens (tertiary/aromatic N) is 1. The largest absolute Gasteiger partial charge is 0.481 e. The second-order valence-electron chi connectivity index (χ2n) is 7.57. The molecular formula is C21H27NO8S. The third kappa shape index (κ3) is 4.71. The summed E-state index contributed by atoms with van der Waals surface area (Å²) in [6.07, 6.45) is -2.13. The van der Waals surface area contributed by atoms with Gasteiger partial charge in [0, 0.05) is 13.7 Å². The molecule has 170 valence electrons. The second kappa shape index (κ2) is 9.14. The summed E-state index contributed by atoms with van der Waals surface area (Å²) in [7, 11) is -1.50. The lowest BCUT2D eigenvalue weighted by Crippen LogP contribution is -2.65. The predicted octanol–water partition coefficient (Wildman–Crippen LogP) is 1.17. The number of esters is 1. The highest BCUT2D eigenvalue weighted by molar-refractivity contribution is 7.89. The molecule has 0 aromatic heterocycles. The SMILES string of the molecule is CC#CCOc1ccc(S(=O)(=O)N2CC3OC(C)(C)OC3[C@@H](OC)[C@@H]2C(=O)OC)cc1. The second-order valence-corrected chi connectivity index (χ2v) is 9.46. The van der Waals surface area contributed by atoms with Gasteiger partial charge in [-0.1, -0.05) is 5.92 Å². The third-order valence-corrected chi connectivity index (χ3v) is 7.02. The highest BCUT2D eigenvalue weighted by atomic mass is 32.2. The van der Waals surface area contributed by atoms with E-state index in [0.29, 0.717) is 5.75 Å². The van der Waals surface area contributed by atoms with E-state index in [-0.39, 0.29) is 18.0 Å². The van der Waals surface area contributed by atoms with Gasteiger partial charge < -0.3 is 23.7 Å². The zero-order valence-electron chi connectivity index (χ0n) is 18.2. The molecule has 0 spiro atoms. The van der Waals surface area contributed by atoms with E-state index in [1.807, 2.05) is 0 Å². The van der Waals surface area contributed by atoms with Gasteiger partial charge in [-0.25, -0.2) is 8.42 Å². The van der Waals surface area contributed by atoms with E-state index in [0.717, 1.165) is 4.31 Å². The smallest absolute Gasteiger partial charge is 0.327 e. The van der Waals surface area contributed by atoms with Crippen molar-refractivity contribution < 1.29 is 36.9 Å². The zero-order chi connectivity index (χ0) is 22.8. The lowest BCUT2D eigenvalue weighted by molar-refractivity contribution is -0.168. The summed E-state index contributed by atoms with van der Waals surface area (Å²) in [5.41, 5.74) is 0. The molecule has 4 atom stereocenters. The zero-order valence-corrected chi connectivity index (χ0v) is 19.0. The van der Waals surface area contributed by atoms with Gasteiger partial charge in [-0.3, -0.25) is 4.79 Å². The number of ether oxygens (including phenoxy) is 5. The van der Waals surface area contributed by atoms with Crippen LogP contribution in [0.2, 0.25) is 0 Å². The van der Waals surface area contributed by atoms with Crippen LogP contribution >= 0.6 is 0 Å². The topological polar surface area (TPSA) is 101 Å². The number of piperidine rings is 1. The van der Waals surface area contributed by atoms with Crippen LogP contribution in [0.3, 0.4) is 0 Å². The standard InChI is InChI=1S/C21H27NO8S/c1-6-7-12-28-14-8-10-15(11-9-14)31(24,25)22-13-16-18(30-21(2,3)29-16)19(26-4)17(22)20(23)27-5/h8-11,16-19H,12-13H2,1-5H3/t16?,17-,18?,19+/m1/s1. The van der Waals surface area contributed by atoms with E-state index >= 15 is 0 Å². The van der Waals surface area contributed by atoms with Crippen LogP contribution in [0.4, 0.5) is 0 Å². The molecule has 3 rings (SSSR count). The van der Waals surface area contributed by atoms with Gasteiger partial charge in [-0.05, 0) is 45.0 Å². The first-order valence-corrected chi connectivity index (χ1v) is 11.2. The summed E-state index contributed by atoms with van der Waals surface area (Å²) in [6, 6.07) is 4.69. The molecule has 9 nitrogen and oxygen atoms in total. The fraction of sp³-hybridized carbons (Fsp3) is 0.571. The lowest BCUT2D eigenvalue weighted by atomic mass is 9.96. The molecule has 0 amide bonds. The minimum Gasteiger partial charge on any atom is -0.481 e. The minimum atomic E-state index is -4.09. The Labute approximate surface area is 182 Å². The number of benzene rings is 1. The molecule has 2 fully saturated rings. The summed E-state index contributed by atoms with van der Waals surface area (Å²) in [5, 5.41) is 0. The van der Waals surface area contributed by atoms with Crippen LogP contribution in [0.15, 0.2) is 29.2 Å². The molecule has 0 radical (unpaired) electrons. The van der Waals surface area contributed by atoms with Crippen molar-refractivity contribution >= 4 is 16.0 Å². The summed E-state index contributed by atoms with van der Waals surface area (Å²) in [6.45, 7) is 5.27.